The van der Waals surface area contributed by atoms with E-state index in [-0.39, 0.29) is 0 Å². The molecular weight excluding hydrogens is 156 g/mol. The van der Waals surface area contributed by atoms with E-state index in [1.165, 1.54) is 5.69 Å². The Kier molecular flexibility index (Phi) is 1.51. The van der Waals surface area contributed by atoms with Gasteiger partial charge in [-0.3, -0.25) is 0 Å². The molecule has 2 rings (SSSR count). The predicted molar refractivity (Wildman–Crippen MR) is 46.2 cm³/mol. The van der Waals surface area contributed by atoms with Crippen LogP contribution >= 0.6 is 11.3 Å². The van der Waals surface area contributed by atoms with E-state index in [0.29, 0.717) is 0 Å². The van der Waals surface area contributed by atoms with Gasteiger partial charge >= 0.3 is 0 Å². The maximum atomic E-state index is 4.18. The normalized spacial score (nSPS) is 10.3. The summed E-state index contributed by atoms with van der Waals surface area (Å²) in [5.41, 5.74) is 2.32. The fourth-order valence-electron chi connectivity index (χ4n) is 1.02. The Balaban J connectivity index is 2.53. The standard InChI is InChI=1S/C8H8N2S/c1-7-2-4-9-10(7)8-3-5-11-6-8/h2-6H,1H3. The molecule has 0 unspecified atom stereocenters. The summed E-state index contributed by atoms with van der Waals surface area (Å²) < 4.78 is 1.93. The van der Waals surface area contributed by atoms with Gasteiger partial charge < -0.3 is 0 Å². The van der Waals surface area contributed by atoms with Gasteiger partial charge in [-0.1, -0.05) is 0 Å². The van der Waals surface area contributed by atoms with Crippen LogP contribution in [0.5, 0.6) is 0 Å². The quantitative estimate of drug-likeness (QED) is 0.632. The van der Waals surface area contributed by atoms with E-state index < -0.39 is 0 Å². The number of rotatable bonds is 1. The van der Waals surface area contributed by atoms with Gasteiger partial charge in [0.25, 0.3) is 0 Å². The smallest absolute Gasteiger partial charge is 0.0755 e. The first kappa shape index (κ1) is 6.61. The molecule has 0 aliphatic rings. The SMILES string of the molecule is Cc1ccnn1-c1ccsc1. The Labute approximate surface area is 69.1 Å². The first-order chi connectivity index (χ1) is 5.38. The van der Waals surface area contributed by atoms with Gasteiger partial charge in [-0.2, -0.15) is 16.4 Å². The molecule has 0 fully saturated rings. The monoisotopic (exact) mass is 164 g/mol. The molecule has 0 amide bonds. The van der Waals surface area contributed by atoms with Crippen LogP contribution in [0.1, 0.15) is 5.69 Å². The third-order valence-corrected chi connectivity index (χ3v) is 2.25. The number of thiophene rings is 1. The van der Waals surface area contributed by atoms with Crippen LogP contribution in [0.25, 0.3) is 5.69 Å². The zero-order valence-corrected chi connectivity index (χ0v) is 7.01. The van der Waals surface area contributed by atoms with Crippen LogP contribution in [0.4, 0.5) is 0 Å². The topological polar surface area (TPSA) is 17.8 Å². The van der Waals surface area contributed by atoms with E-state index >= 15 is 0 Å². The molecule has 0 aromatic carbocycles. The van der Waals surface area contributed by atoms with Crippen molar-refractivity contribution in [3.63, 3.8) is 0 Å². The number of hydrogen-bond acceptors (Lipinski definition) is 2. The van der Waals surface area contributed by atoms with Crippen molar-refractivity contribution in [1.29, 1.82) is 0 Å². The lowest BCUT2D eigenvalue weighted by molar-refractivity contribution is 0.851. The average molecular weight is 164 g/mol. The largest absolute Gasteiger partial charge is 0.237 e. The molecule has 0 bridgehead atoms. The highest BCUT2D eigenvalue weighted by Crippen LogP contribution is 2.12. The molecule has 0 saturated heterocycles. The van der Waals surface area contributed by atoms with Crippen molar-refractivity contribution in [2.24, 2.45) is 0 Å². The van der Waals surface area contributed by atoms with Gasteiger partial charge in [-0.15, -0.1) is 0 Å². The summed E-state index contributed by atoms with van der Waals surface area (Å²) in [5.74, 6) is 0. The second kappa shape index (κ2) is 2.51. The first-order valence-corrected chi connectivity index (χ1v) is 4.35. The van der Waals surface area contributed by atoms with E-state index in [4.69, 9.17) is 0 Å². The fraction of sp³-hybridized carbons (Fsp3) is 0.125. The summed E-state index contributed by atoms with van der Waals surface area (Å²) in [5, 5.41) is 8.32. The van der Waals surface area contributed by atoms with Gasteiger partial charge in [-0.05, 0) is 24.4 Å². The minimum atomic E-state index is 1.15. The maximum Gasteiger partial charge on any atom is 0.0755 e. The van der Waals surface area contributed by atoms with Gasteiger partial charge in [0.2, 0.25) is 0 Å². The van der Waals surface area contributed by atoms with Crippen molar-refractivity contribution in [1.82, 2.24) is 9.78 Å². The number of nitrogens with zero attached hydrogens (tertiary/aromatic N) is 2. The molecule has 0 saturated carbocycles. The third kappa shape index (κ3) is 1.07. The Hall–Kier alpha value is -1.09. The van der Waals surface area contributed by atoms with Gasteiger partial charge in [0.05, 0.1) is 5.69 Å². The predicted octanol–water partition coefficient (Wildman–Crippen LogP) is 2.24. The van der Waals surface area contributed by atoms with Gasteiger partial charge in [0.15, 0.2) is 0 Å². The van der Waals surface area contributed by atoms with Crippen LogP contribution in [0.2, 0.25) is 0 Å². The van der Waals surface area contributed by atoms with Crippen LogP contribution < -0.4 is 0 Å². The van der Waals surface area contributed by atoms with E-state index in [1.807, 2.05) is 23.9 Å². The van der Waals surface area contributed by atoms with Crippen LogP contribution in [0, 0.1) is 6.92 Å². The van der Waals surface area contributed by atoms with Gasteiger partial charge in [0, 0.05) is 17.3 Å². The molecule has 2 heterocycles. The number of aromatic nitrogens is 2. The van der Waals surface area contributed by atoms with E-state index in [1.54, 1.807) is 11.3 Å². The molecule has 0 spiro atoms. The average Bonchev–Trinajstić information content (AvgIpc) is 2.55. The van der Waals surface area contributed by atoms with E-state index in [0.717, 1.165) is 5.69 Å². The van der Waals surface area contributed by atoms with Crippen LogP contribution in [0.3, 0.4) is 0 Å². The molecule has 11 heavy (non-hydrogen) atoms. The van der Waals surface area contributed by atoms with Crippen LogP contribution in [0.15, 0.2) is 29.1 Å². The summed E-state index contributed by atoms with van der Waals surface area (Å²) in [6.45, 7) is 2.05. The summed E-state index contributed by atoms with van der Waals surface area (Å²) in [4.78, 5) is 0. The van der Waals surface area contributed by atoms with E-state index in [9.17, 15) is 0 Å². The minimum absolute atomic E-state index is 1.15. The molecule has 0 aliphatic carbocycles. The zero-order chi connectivity index (χ0) is 7.68. The summed E-state index contributed by atoms with van der Waals surface area (Å²) >= 11 is 1.69. The lowest BCUT2D eigenvalue weighted by atomic mass is 10.4. The molecule has 0 aliphatic heterocycles. The summed E-state index contributed by atoms with van der Waals surface area (Å²) in [7, 11) is 0. The van der Waals surface area contributed by atoms with Crippen LogP contribution in [-0.4, -0.2) is 9.78 Å². The second-order valence-corrected chi connectivity index (χ2v) is 3.15. The summed E-state index contributed by atoms with van der Waals surface area (Å²) in [6.07, 6.45) is 1.81. The minimum Gasteiger partial charge on any atom is -0.237 e. The van der Waals surface area contributed by atoms with E-state index in [2.05, 4.69) is 21.9 Å². The van der Waals surface area contributed by atoms with Crippen molar-refractivity contribution in [2.75, 3.05) is 0 Å². The number of hydrogen-bond donors (Lipinski definition) is 0. The highest BCUT2D eigenvalue weighted by Gasteiger charge is 1.98. The second-order valence-electron chi connectivity index (χ2n) is 2.37. The first-order valence-electron chi connectivity index (χ1n) is 3.41. The molecule has 56 valence electrons. The molecule has 0 radical (unpaired) electrons. The summed E-state index contributed by atoms with van der Waals surface area (Å²) in [6, 6.07) is 4.06. The Bertz CT molecular complexity index is 335. The molecule has 3 heteroatoms. The highest BCUT2D eigenvalue weighted by molar-refractivity contribution is 7.08. The zero-order valence-electron chi connectivity index (χ0n) is 6.19. The van der Waals surface area contributed by atoms with Crippen molar-refractivity contribution in [2.45, 2.75) is 6.92 Å². The number of aryl methyl sites for hydroxylation is 1. The third-order valence-electron chi connectivity index (χ3n) is 1.58. The Morgan fingerprint density at radius 3 is 2.91 bits per heavy atom. The maximum absolute atomic E-state index is 4.18. The van der Waals surface area contributed by atoms with Crippen molar-refractivity contribution >= 4 is 11.3 Å². The lowest BCUT2D eigenvalue weighted by Gasteiger charge is -1.97. The highest BCUT2D eigenvalue weighted by atomic mass is 32.1. The van der Waals surface area contributed by atoms with Gasteiger partial charge in [0.1, 0.15) is 0 Å². The Morgan fingerprint density at radius 2 is 2.36 bits per heavy atom. The molecule has 2 aromatic heterocycles. The lowest BCUT2D eigenvalue weighted by Crippen LogP contribution is -1.95. The molecule has 0 N–H and O–H groups in total. The molecule has 0 atom stereocenters. The Morgan fingerprint density at radius 1 is 1.45 bits per heavy atom. The van der Waals surface area contributed by atoms with Crippen molar-refractivity contribution in [3.8, 4) is 5.69 Å². The van der Waals surface area contributed by atoms with Crippen molar-refractivity contribution < 1.29 is 0 Å². The molecular formula is C8H8N2S. The molecule has 2 aromatic rings. The van der Waals surface area contributed by atoms with Gasteiger partial charge in [-0.25, -0.2) is 4.68 Å². The van der Waals surface area contributed by atoms with Crippen LogP contribution in [-0.2, 0) is 0 Å². The fourth-order valence-corrected chi connectivity index (χ4v) is 1.63. The van der Waals surface area contributed by atoms with Crippen molar-refractivity contribution in [3.05, 3.63) is 34.8 Å². The molecule has 2 nitrogen and oxygen atoms in total.